The van der Waals surface area contributed by atoms with Crippen molar-refractivity contribution < 1.29 is 4.79 Å². The molecule has 0 radical (unpaired) electrons. The van der Waals surface area contributed by atoms with Crippen molar-refractivity contribution in [2.45, 2.75) is 39.8 Å². The highest BCUT2D eigenvalue weighted by atomic mass is 32.1. The van der Waals surface area contributed by atoms with Gasteiger partial charge < -0.3 is 11.1 Å². The van der Waals surface area contributed by atoms with Gasteiger partial charge in [0.15, 0.2) is 0 Å². The van der Waals surface area contributed by atoms with E-state index in [0.717, 1.165) is 17.1 Å². The zero-order chi connectivity index (χ0) is 12.1. The fourth-order valence-electron chi connectivity index (χ4n) is 1.17. The number of rotatable bonds is 5. The maximum absolute atomic E-state index is 11.6. The van der Waals surface area contributed by atoms with Crippen molar-refractivity contribution in [3.63, 3.8) is 0 Å². The number of nitrogens with one attached hydrogen (secondary N) is 1. The first-order chi connectivity index (χ1) is 7.54. The molecule has 3 N–H and O–H groups in total. The Hall–Kier alpha value is -0.940. The molecule has 0 fully saturated rings. The molecule has 4 nitrogen and oxygen atoms in total. The van der Waals surface area contributed by atoms with Gasteiger partial charge in [0, 0.05) is 17.3 Å². The summed E-state index contributed by atoms with van der Waals surface area (Å²) < 4.78 is 0. The van der Waals surface area contributed by atoms with Crippen molar-refractivity contribution >= 4 is 17.2 Å². The van der Waals surface area contributed by atoms with Crippen LogP contribution in [-0.2, 0) is 17.8 Å². The molecule has 90 valence electrons. The Morgan fingerprint density at radius 2 is 2.31 bits per heavy atom. The van der Waals surface area contributed by atoms with E-state index in [1.54, 1.807) is 11.3 Å². The molecule has 1 aromatic rings. The maximum Gasteiger partial charge on any atom is 0.224 e. The van der Waals surface area contributed by atoms with Gasteiger partial charge in [-0.3, -0.25) is 4.79 Å². The van der Waals surface area contributed by atoms with E-state index in [9.17, 15) is 4.79 Å². The van der Waals surface area contributed by atoms with Gasteiger partial charge in [-0.25, -0.2) is 4.98 Å². The molecule has 2 unspecified atom stereocenters. The third kappa shape index (κ3) is 3.57. The summed E-state index contributed by atoms with van der Waals surface area (Å²) in [7, 11) is 0. The summed E-state index contributed by atoms with van der Waals surface area (Å²) in [5.74, 6) is -0.176. The Balaban J connectivity index is 2.42. The molecule has 0 aliphatic heterocycles. The van der Waals surface area contributed by atoms with Crippen LogP contribution in [0.25, 0.3) is 0 Å². The number of hydrogen-bond donors (Lipinski definition) is 2. The van der Waals surface area contributed by atoms with Crippen molar-refractivity contribution in [1.82, 2.24) is 10.3 Å². The Bertz CT molecular complexity index is 349. The largest absolute Gasteiger partial charge is 0.350 e. The standard InChI is InChI=1S/C11H19N3OS/c1-4-10-14-9(6-16-10)5-13-11(15)7(2)8(3)12/h6-8H,4-5,12H2,1-3H3,(H,13,15). The van der Waals surface area contributed by atoms with Gasteiger partial charge in [-0.2, -0.15) is 0 Å². The molecule has 16 heavy (non-hydrogen) atoms. The second kappa shape index (κ2) is 5.96. The van der Waals surface area contributed by atoms with Gasteiger partial charge in [0.25, 0.3) is 0 Å². The fraction of sp³-hybridized carbons (Fsp3) is 0.636. The van der Waals surface area contributed by atoms with Gasteiger partial charge in [0.1, 0.15) is 0 Å². The molecular formula is C11H19N3OS. The van der Waals surface area contributed by atoms with Crippen molar-refractivity contribution in [3.8, 4) is 0 Å². The molecule has 0 aromatic carbocycles. The average Bonchev–Trinajstić information content (AvgIpc) is 2.72. The molecule has 0 aliphatic rings. The lowest BCUT2D eigenvalue weighted by Crippen LogP contribution is -2.38. The van der Waals surface area contributed by atoms with E-state index < -0.39 is 0 Å². The summed E-state index contributed by atoms with van der Waals surface area (Å²) in [5, 5.41) is 5.93. The predicted molar refractivity (Wildman–Crippen MR) is 66.2 cm³/mol. The summed E-state index contributed by atoms with van der Waals surface area (Å²) in [6.07, 6.45) is 0.939. The van der Waals surface area contributed by atoms with Crippen LogP contribution in [0.2, 0.25) is 0 Å². The molecule has 1 heterocycles. The first-order valence-corrected chi connectivity index (χ1v) is 6.39. The quantitative estimate of drug-likeness (QED) is 0.816. The first kappa shape index (κ1) is 13.1. The molecule has 5 heteroatoms. The van der Waals surface area contributed by atoms with Crippen LogP contribution >= 0.6 is 11.3 Å². The molecule has 0 saturated carbocycles. The molecule has 1 amide bonds. The van der Waals surface area contributed by atoms with E-state index in [2.05, 4.69) is 17.2 Å². The second-order valence-electron chi connectivity index (χ2n) is 3.95. The lowest BCUT2D eigenvalue weighted by molar-refractivity contribution is -0.125. The molecule has 1 rings (SSSR count). The maximum atomic E-state index is 11.6. The number of carbonyl (C=O) groups is 1. The van der Waals surface area contributed by atoms with Crippen LogP contribution in [0.5, 0.6) is 0 Å². The highest BCUT2D eigenvalue weighted by Crippen LogP contribution is 2.10. The summed E-state index contributed by atoms with van der Waals surface area (Å²) in [4.78, 5) is 16.0. The number of nitrogens with zero attached hydrogens (tertiary/aromatic N) is 1. The summed E-state index contributed by atoms with van der Waals surface area (Å²) in [6, 6.07) is -0.123. The van der Waals surface area contributed by atoms with Crippen molar-refractivity contribution in [1.29, 1.82) is 0 Å². The Morgan fingerprint density at radius 1 is 1.62 bits per heavy atom. The monoisotopic (exact) mass is 241 g/mol. The van der Waals surface area contributed by atoms with E-state index in [4.69, 9.17) is 5.73 Å². The van der Waals surface area contributed by atoms with Gasteiger partial charge in [0.05, 0.1) is 17.2 Å². The number of hydrogen-bond acceptors (Lipinski definition) is 4. The Kier molecular flexibility index (Phi) is 4.89. The number of thiazole rings is 1. The summed E-state index contributed by atoms with van der Waals surface area (Å²) in [5.41, 5.74) is 6.58. The fourth-order valence-corrected chi connectivity index (χ4v) is 1.91. The minimum absolute atomic E-state index is 0.0129. The van der Waals surface area contributed by atoms with E-state index in [1.165, 1.54) is 0 Å². The van der Waals surface area contributed by atoms with E-state index >= 15 is 0 Å². The minimum atomic E-state index is -0.163. The molecule has 0 saturated heterocycles. The van der Waals surface area contributed by atoms with Crippen molar-refractivity contribution in [2.75, 3.05) is 0 Å². The smallest absolute Gasteiger partial charge is 0.224 e. The zero-order valence-corrected chi connectivity index (χ0v) is 10.8. The Morgan fingerprint density at radius 3 is 2.81 bits per heavy atom. The highest BCUT2D eigenvalue weighted by molar-refractivity contribution is 7.09. The van der Waals surface area contributed by atoms with Gasteiger partial charge in [-0.1, -0.05) is 13.8 Å². The van der Waals surface area contributed by atoms with Gasteiger partial charge in [0.2, 0.25) is 5.91 Å². The molecule has 2 atom stereocenters. The van der Waals surface area contributed by atoms with Crippen LogP contribution in [-0.4, -0.2) is 16.9 Å². The van der Waals surface area contributed by atoms with Gasteiger partial charge in [-0.05, 0) is 13.3 Å². The van der Waals surface area contributed by atoms with Crippen LogP contribution in [0.15, 0.2) is 5.38 Å². The van der Waals surface area contributed by atoms with Gasteiger partial charge >= 0.3 is 0 Å². The van der Waals surface area contributed by atoms with E-state index in [1.807, 2.05) is 19.2 Å². The SMILES string of the molecule is CCc1nc(CNC(=O)C(C)C(C)N)cs1. The van der Waals surface area contributed by atoms with Crippen LogP contribution in [0.1, 0.15) is 31.5 Å². The van der Waals surface area contributed by atoms with Crippen molar-refractivity contribution in [2.24, 2.45) is 11.7 Å². The van der Waals surface area contributed by atoms with Crippen LogP contribution in [0.4, 0.5) is 0 Å². The molecule has 0 aliphatic carbocycles. The van der Waals surface area contributed by atoms with Crippen LogP contribution < -0.4 is 11.1 Å². The second-order valence-corrected chi connectivity index (χ2v) is 4.89. The third-order valence-electron chi connectivity index (χ3n) is 2.55. The van der Waals surface area contributed by atoms with Crippen LogP contribution in [0, 0.1) is 5.92 Å². The molecular weight excluding hydrogens is 222 g/mol. The molecule has 0 bridgehead atoms. The third-order valence-corrected chi connectivity index (χ3v) is 3.59. The Labute approximate surface area is 100 Å². The number of aromatic nitrogens is 1. The number of nitrogens with two attached hydrogens (primary N) is 1. The van der Waals surface area contributed by atoms with E-state index in [-0.39, 0.29) is 17.9 Å². The lowest BCUT2D eigenvalue weighted by Gasteiger charge is -2.14. The van der Waals surface area contributed by atoms with Crippen LogP contribution in [0.3, 0.4) is 0 Å². The molecule has 0 spiro atoms. The summed E-state index contributed by atoms with van der Waals surface area (Å²) >= 11 is 1.63. The van der Waals surface area contributed by atoms with Gasteiger partial charge in [-0.15, -0.1) is 11.3 Å². The number of aryl methyl sites for hydroxylation is 1. The zero-order valence-electron chi connectivity index (χ0n) is 9.99. The molecule has 1 aromatic heterocycles. The van der Waals surface area contributed by atoms with Crippen molar-refractivity contribution in [3.05, 3.63) is 16.1 Å². The number of amides is 1. The minimum Gasteiger partial charge on any atom is -0.350 e. The average molecular weight is 241 g/mol. The topological polar surface area (TPSA) is 68.0 Å². The number of carbonyl (C=O) groups excluding carboxylic acids is 1. The normalized spacial score (nSPS) is 14.5. The summed E-state index contributed by atoms with van der Waals surface area (Å²) in [6.45, 7) is 6.23. The lowest BCUT2D eigenvalue weighted by atomic mass is 10.0. The van der Waals surface area contributed by atoms with E-state index in [0.29, 0.717) is 6.54 Å². The predicted octanol–water partition coefficient (Wildman–Crippen LogP) is 1.31. The first-order valence-electron chi connectivity index (χ1n) is 5.51. The highest BCUT2D eigenvalue weighted by Gasteiger charge is 2.16.